The van der Waals surface area contributed by atoms with Crippen LogP contribution in [0.1, 0.15) is 10.4 Å². The highest BCUT2D eigenvalue weighted by molar-refractivity contribution is 9.10. The van der Waals surface area contributed by atoms with E-state index in [9.17, 15) is 4.39 Å². The average molecular weight is 336 g/mol. The number of hydrogen-bond donors (Lipinski definition) is 0. The highest BCUT2D eigenvalue weighted by Crippen LogP contribution is 2.24. The molecule has 0 aliphatic heterocycles. The summed E-state index contributed by atoms with van der Waals surface area (Å²) in [4.78, 5) is 1.04. The number of hydrogen-bond acceptors (Lipinski definition) is 2. The molecule has 17 heavy (non-hydrogen) atoms. The molecule has 2 rings (SSSR count). The lowest BCUT2D eigenvalue weighted by Gasteiger charge is -2.06. The Balaban J connectivity index is 2.04. The van der Waals surface area contributed by atoms with Gasteiger partial charge in [-0.05, 0) is 39.7 Å². The van der Waals surface area contributed by atoms with Gasteiger partial charge in [0.15, 0.2) is 11.6 Å². The van der Waals surface area contributed by atoms with Crippen molar-refractivity contribution in [2.24, 2.45) is 0 Å². The summed E-state index contributed by atoms with van der Waals surface area (Å²) >= 11 is 10.5. The smallest absolute Gasteiger partial charge is 0.165 e. The number of rotatable bonds is 4. The van der Waals surface area contributed by atoms with Crippen LogP contribution >= 0.6 is 38.9 Å². The SMILES string of the molecule is Fc1cc(CCl)ccc1OCc1cc(Br)cs1. The summed E-state index contributed by atoms with van der Waals surface area (Å²) in [6.07, 6.45) is 0. The molecule has 1 aromatic carbocycles. The molecule has 0 bridgehead atoms. The number of ether oxygens (including phenoxy) is 1. The molecule has 0 saturated carbocycles. The van der Waals surface area contributed by atoms with Gasteiger partial charge < -0.3 is 4.74 Å². The normalized spacial score (nSPS) is 10.5. The summed E-state index contributed by atoms with van der Waals surface area (Å²) in [5.74, 6) is 0.178. The number of halogens is 3. The topological polar surface area (TPSA) is 9.23 Å². The Labute approximate surface area is 116 Å². The van der Waals surface area contributed by atoms with E-state index in [1.165, 1.54) is 6.07 Å². The van der Waals surface area contributed by atoms with Gasteiger partial charge in [0.1, 0.15) is 6.61 Å². The van der Waals surface area contributed by atoms with E-state index in [1.54, 1.807) is 23.5 Å². The molecule has 0 aliphatic carbocycles. The molecule has 2 aromatic rings. The first-order valence-corrected chi connectivity index (χ1v) is 7.10. The van der Waals surface area contributed by atoms with E-state index in [0.29, 0.717) is 12.5 Å². The zero-order chi connectivity index (χ0) is 12.3. The minimum atomic E-state index is -0.376. The summed E-state index contributed by atoms with van der Waals surface area (Å²) < 4.78 is 20.0. The van der Waals surface area contributed by atoms with Crippen molar-refractivity contribution in [2.45, 2.75) is 12.5 Å². The van der Waals surface area contributed by atoms with Gasteiger partial charge in [0.05, 0.1) is 0 Å². The maximum Gasteiger partial charge on any atom is 0.165 e. The van der Waals surface area contributed by atoms with Gasteiger partial charge in [-0.2, -0.15) is 0 Å². The van der Waals surface area contributed by atoms with E-state index in [0.717, 1.165) is 14.9 Å². The molecule has 0 fully saturated rings. The highest BCUT2D eigenvalue weighted by Gasteiger charge is 2.05. The Morgan fingerprint density at radius 1 is 1.35 bits per heavy atom. The van der Waals surface area contributed by atoms with Gasteiger partial charge in [-0.1, -0.05) is 6.07 Å². The van der Waals surface area contributed by atoms with Crippen LogP contribution in [0.5, 0.6) is 5.75 Å². The van der Waals surface area contributed by atoms with Crippen LogP contribution in [-0.4, -0.2) is 0 Å². The van der Waals surface area contributed by atoms with Crippen LogP contribution in [0, 0.1) is 5.82 Å². The fourth-order valence-corrected chi connectivity index (χ4v) is 2.85. The van der Waals surface area contributed by atoms with Gasteiger partial charge in [-0.15, -0.1) is 22.9 Å². The molecular weight excluding hydrogens is 327 g/mol. The second-order valence-corrected chi connectivity index (χ2v) is 5.60. The molecule has 0 unspecified atom stereocenters. The van der Waals surface area contributed by atoms with Gasteiger partial charge >= 0.3 is 0 Å². The van der Waals surface area contributed by atoms with Gasteiger partial charge in [-0.25, -0.2) is 4.39 Å². The summed E-state index contributed by atoms with van der Waals surface area (Å²) in [6.45, 7) is 0.368. The summed E-state index contributed by atoms with van der Waals surface area (Å²) in [5, 5.41) is 1.96. The zero-order valence-electron chi connectivity index (χ0n) is 8.75. The van der Waals surface area contributed by atoms with Crippen molar-refractivity contribution >= 4 is 38.9 Å². The Bertz CT molecular complexity index is 515. The monoisotopic (exact) mass is 334 g/mol. The third kappa shape index (κ3) is 3.44. The molecule has 90 valence electrons. The summed E-state index contributed by atoms with van der Waals surface area (Å²) in [7, 11) is 0. The van der Waals surface area contributed by atoms with E-state index < -0.39 is 0 Å². The van der Waals surface area contributed by atoms with Crippen LogP contribution in [0.4, 0.5) is 4.39 Å². The minimum Gasteiger partial charge on any atom is -0.485 e. The average Bonchev–Trinajstić information content (AvgIpc) is 2.73. The van der Waals surface area contributed by atoms with Crippen molar-refractivity contribution in [3.05, 3.63) is 50.4 Å². The molecule has 1 aromatic heterocycles. The van der Waals surface area contributed by atoms with E-state index in [4.69, 9.17) is 16.3 Å². The van der Waals surface area contributed by atoms with E-state index >= 15 is 0 Å². The second kappa shape index (κ2) is 5.85. The molecule has 0 saturated heterocycles. The van der Waals surface area contributed by atoms with E-state index in [2.05, 4.69) is 15.9 Å². The molecular formula is C12H9BrClFOS. The minimum absolute atomic E-state index is 0.253. The molecule has 0 N–H and O–H groups in total. The fourth-order valence-electron chi connectivity index (χ4n) is 1.32. The molecule has 0 radical (unpaired) electrons. The Morgan fingerprint density at radius 3 is 2.76 bits per heavy atom. The number of benzene rings is 1. The quantitative estimate of drug-likeness (QED) is 0.717. The predicted octanol–water partition coefficient (Wildman–Crippen LogP) is 4.97. The molecule has 0 spiro atoms. The molecule has 1 nitrogen and oxygen atoms in total. The van der Waals surface area contributed by atoms with Crippen LogP contribution in [0.15, 0.2) is 34.1 Å². The van der Waals surface area contributed by atoms with Crippen LogP contribution in [0.3, 0.4) is 0 Å². The van der Waals surface area contributed by atoms with Crippen LogP contribution in [0.2, 0.25) is 0 Å². The highest BCUT2D eigenvalue weighted by atomic mass is 79.9. The van der Waals surface area contributed by atoms with Crippen LogP contribution in [0.25, 0.3) is 0 Å². The van der Waals surface area contributed by atoms with E-state index in [1.807, 2.05) is 11.4 Å². The first-order chi connectivity index (χ1) is 8.19. The first-order valence-electron chi connectivity index (χ1n) is 4.89. The molecule has 0 aliphatic rings. The first kappa shape index (κ1) is 12.9. The number of alkyl halides is 1. The number of thiophene rings is 1. The standard InChI is InChI=1S/C12H9BrClFOS/c13-9-4-10(17-7-9)6-16-12-2-1-8(5-14)3-11(12)15/h1-4,7H,5-6H2. The molecule has 1 heterocycles. The van der Waals surface area contributed by atoms with Crippen molar-refractivity contribution in [3.63, 3.8) is 0 Å². The third-order valence-corrected chi connectivity index (χ3v) is 4.12. The predicted molar refractivity (Wildman–Crippen MR) is 72.3 cm³/mol. The van der Waals surface area contributed by atoms with Gasteiger partial charge in [-0.3, -0.25) is 0 Å². The lowest BCUT2D eigenvalue weighted by molar-refractivity contribution is 0.293. The molecule has 0 amide bonds. The van der Waals surface area contributed by atoms with E-state index in [-0.39, 0.29) is 11.6 Å². The summed E-state index contributed by atoms with van der Waals surface area (Å²) in [5.41, 5.74) is 0.746. The van der Waals surface area contributed by atoms with Crippen molar-refractivity contribution in [1.82, 2.24) is 0 Å². The fraction of sp³-hybridized carbons (Fsp3) is 0.167. The van der Waals surface area contributed by atoms with Crippen LogP contribution < -0.4 is 4.74 Å². The maximum atomic E-state index is 13.6. The molecule has 0 atom stereocenters. The van der Waals surface area contributed by atoms with Crippen LogP contribution in [-0.2, 0) is 12.5 Å². The Hall–Kier alpha value is -0.580. The van der Waals surface area contributed by atoms with Crippen molar-refractivity contribution < 1.29 is 9.13 Å². The van der Waals surface area contributed by atoms with Gasteiger partial charge in [0.25, 0.3) is 0 Å². The second-order valence-electron chi connectivity index (χ2n) is 3.42. The lowest BCUT2D eigenvalue weighted by atomic mass is 10.2. The zero-order valence-corrected chi connectivity index (χ0v) is 11.9. The third-order valence-electron chi connectivity index (χ3n) is 2.14. The lowest BCUT2D eigenvalue weighted by Crippen LogP contribution is -1.96. The van der Waals surface area contributed by atoms with Gasteiger partial charge in [0, 0.05) is 20.6 Å². The van der Waals surface area contributed by atoms with Crippen molar-refractivity contribution in [3.8, 4) is 5.75 Å². The Morgan fingerprint density at radius 2 is 2.18 bits per heavy atom. The molecule has 5 heteroatoms. The van der Waals surface area contributed by atoms with Crippen molar-refractivity contribution in [1.29, 1.82) is 0 Å². The largest absolute Gasteiger partial charge is 0.485 e. The maximum absolute atomic E-state index is 13.6. The Kier molecular flexibility index (Phi) is 4.42. The summed E-state index contributed by atoms with van der Waals surface area (Å²) in [6, 6.07) is 6.72. The van der Waals surface area contributed by atoms with Crippen molar-refractivity contribution in [2.75, 3.05) is 0 Å². The van der Waals surface area contributed by atoms with Gasteiger partial charge in [0.2, 0.25) is 0 Å².